The number of hydrogen-bond donors (Lipinski definition) is 2. The van der Waals surface area contributed by atoms with Crippen LogP contribution < -0.4 is 10.9 Å². The van der Waals surface area contributed by atoms with Gasteiger partial charge in [-0.3, -0.25) is 20.3 Å². The maximum atomic E-state index is 12.6. The molecular weight excluding hydrogens is 402 g/mol. The van der Waals surface area contributed by atoms with Crippen LogP contribution in [0.3, 0.4) is 0 Å². The molecule has 1 aromatic carbocycles. The maximum Gasteiger partial charge on any atom is 0.305 e. The monoisotopic (exact) mass is 431 g/mol. The van der Waals surface area contributed by atoms with E-state index in [1.54, 1.807) is 10.7 Å². The van der Waals surface area contributed by atoms with Gasteiger partial charge in [-0.25, -0.2) is 4.98 Å². The summed E-state index contributed by atoms with van der Waals surface area (Å²) in [6, 6.07) is 7.65. The van der Waals surface area contributed by atoms with Gasteiger partial charge in [0.15, 0.2) is 11.4 Å². The van der Waals surface area contributed by atoms with Crippen LogP contribution in [0.2, 0.25) is 0 Å². The number of aryl methyl sites for hydroxylation is 5. The van der Waals surface area contributed by atoms with Crippen LogP contribution in [-0.4, -0.2) is 20.7 Å². The van der Waals surface area contributed by atoms with Crippen molar-refractivity contribution in [3.8, 4) is 0 Å². The first-order valence-corrected chi connectivity index (χ1v) is 10.7. The van der Waals surface area contributed by atoms with E-state index < -0.39 is 0 Å². The third-order valence-electron chi connectivity index (χ3n) is 6.23. The molecule has 0 unspecified atom stereocenters. The van der Waals surface area contributed by atoms with Crippen LogP contribution in [0.1, 0.15) is 55.4 Å². The Morgan fingerprint density at radius 1 is 1.00 bits per heavy atom. The lowest BCUT2D eigenvalue weighted by Crippen LogP contribution is -2.29. The first-order chi connectivity index (χ1) is 15.2. The number of hydrazine groups is 1. The Balaban J connectivity index is 1.48. The second-order valence-electron chi connectivity index (χ2n) is 8.49. The van der Waals surface area contributed by atoms with Gasteiger partial charge < -0.3 is 4.42 Å². The Morgan fingerprint density at radius 3 is 2.38 bits per heavy atom. The molecule has 2 N–H and O–H groups in total. The third kappa shape index (κ3) is 3.86. The smallest absolute Gasteiger partial charge is 0.305 e. The Labute approximate surface area is 187 Å². The summed E-state index contributed by atoms with van der Waals surface area (Å²) >= 11 is 0. The molecule has 0 spiro atoms. The molecule has 0 radical (unpaired) electrons. The molecule has 0 atom stereocenters. The van der Waals surface area contributed by atoms with Crippen LogP contribution in [0.4, 0.5) is 5.82 Å². The number of rotatable bonds is 5. The number of carbonyl (C=O) groups excluding carboxylic acids is 1. The van der Waals surface area contributed by atoms with Gasteiger partial charge in [-0.2, -0.15) is 5.10 Å². The normalized spacial score (nSPS) is 11.2. The van der Waals surface area contributed by atoms with Gasteiger partial charge in [0.1, 0.15) is 11.6 Å². The van der Waals surface area contributed by atoms with Crippen molar-refractivity contribution in [3.63, 3.8) is 0 Å². The van der Waals surface area contributed by atoms with Crippen LogP contribution in [0.15, 0.2) is 28.7 Å². The molecule has 0 saturated carbocycles. The Morgan fingerprint density at radius 2 is 1.69 bits per heavy atom. The van der Waals surface area contributed by atoms with E-state index in [0.717, 1.165) is 28.1 Å². The van der Waals surface area contributed by atoms with Crippen LogP contribution >= 0.6 is 0 Å². The third-order valence-corrected chi connectivity index (χ3v) is 6.23. The van der Waals surface area contributed by atoms with Crippen LogP contribution in [0.5, 0.6) is 0 Å². The Hall–Kier alpha value is -3.61. The number of furan rings is 1. The summed E-state index contributed by atoms with van der Waals surface area (Å²) < 4.78 is 7.59. The number of nitrogens with zero attached hydrogens (tertiary/aromatic N) is 3. The fourth-order valence-electron chi connectivity index (χ4n) is 4.24. The fourth-order valence-corrected chi connectivity index (χ4v) is 4.24. The van der Waals surface area contributed by atoms with Gasteiger partial charge in [0.05, 0.1) is 5.69 Å². The molecule has 0 saturated heterocycles. The minimum absolute atomic E-state index is 0.251. The zero-order chi connectivity index (χ0) is 23.2. The van der Waals surface area contributed by atoms with Crippen molar-refractivity contribution in [3.05, 3.63) is 74.9 Å². The molecule has 0 bridgehead atoms. The van der Waals surface area contributed by atoms with E-state index in [1.165, 1.54) is 27.8 Å². The van der Waals surface area contributed by atoms with Crippen LogP contribution in [0, 0.1) is 41.5 Å². The Kier molecular flexibility index (Phi) is 5.50. The summed E-state index contributed by atoms with van der Waals surface area (Å²) in [7, 11) is 1.85. The van der Waals surface area contributed by atoms with E-state index in [1.807, 2.05) is 33.0 Å². The zero-order valence-electron chi connectivity index (χ0n) is 19.7. The van der Waals surface area contributed by atoms with E-state index in [2.05, 4.69) is 54.7 Å². The van der Waals surface area contributed by atoms with Crippen molar-refractivity contribution in [2.45, 2.75) is 48.0 Å². The van der Waals surface area contributed by atoms with E-state index >= 15 is 0 Å². The molecule has 0 aliphatic carbocycles. The van der Waals surface area contributed by atoms with E-state index in [9.17, 15) is 4.79 Å². The summed E-state index contributed by atoms with van der Waals surface area (Å²) in [5.41, 5.74) is 14.6. The molecule has 4 rings (SSSR count). The van der Waals surface area contributed by atoms with Crippen molar-refractivity contribution >= 4 is 22.8 Å². The number of hydrogen-bond acceptors (Lipinski definition) is 5. The summed E-state index contributed by atoms with van der Waals surface area (Å²) in [5.74, 6) is 1.19. The summed E-state index contributed by atoms with van der Waals surface area (Å²) in [6.07, 6.45) is 0.651. The average Bonchev–Trinajstić information content (AvgIpc) is 3.32. The number of nitrogens with one attached hydrogen (secondary N) is 2. The lowest BCUT2D eigenvalue weighted by atomic mass is 9.92. The molecule has 4 aromatic rings. The topological polar surface area (TPSA) is 85.0 Å². The highest BCUT2D eigenvalue weighted by Gasteiger charge is 2.16. The standard InChI is InChI=1S/C25H29N5O2/c1-13-10-14(2)17(5)20(16(13)4)12-19-8-9-21(32-19)25(31)28-27-22-11-15(3)23-18(6)29-30(7)24(23)26-22/h8-11H,12H2,1-7H3,(H,26,27)(H,28,31). The summed E-state index contributed by atoms with van der Waals surface area (Å²) in [5, 5.41) is 5.44. The Bertz CT molecular complexity index is 1320. The average molecular weight is 432 g/mol. The van der Waals surface area contributed by atoms with Crippen molar-refractivity contribution < 1.29 is 9.21 Å². The number of carbonyl (C=O) groups is 1. The number of fused-ring (bicyclic) bond motifs is 1. The lowest BCUT2D eigenvalue weighted by molar-refractivity contribution is 0.0933. The molecule has 7 heteroatoms. The number of benzene rings is 1. The fraction of sp³-hybridized carbons (Fsp3) is 0.320. The van der Waals surface area contributed by atoms with Crippen molar-refractivity contribution in [1.82, 2.24) is 20.2 Å². The second-order valence-corrected chi connectivity index (χ2v) is 8.49. The second kappa shape index (κ2) is 8.15. The van der Waals surface area contributed by atoms with E-state index in [0.29, 0.717) is 12.2 Å². The highest BCUT2D eigenvalue weighted by atomic mass is 16.4. The predicted octanol–water partition coefficient (Wildman–Crippen LogP) is 4.76. The molecule has 3 aromatic heterocycles. The minimum Gasteiger partial charge on any atom is -0.456 e. The van der Waals surface area contributed by atoms with Gasteiger partial charge >= 0.3 is 5.91 Å². The van der Waals surface area contributed by atoms with Gasteiger partial charge in [0, 0.05) is 18.9 Å². The maximum absolute atomic E-state index is 12.6. The van der Waals surface area contributed by atoms with Crippen molar-refractivity contribution in [1.29, 1.82) is 0 Å². The number of amides is 1. The molecule has 0 fully saturated rings. The number of pyridine rings is 1. The molecule has 32 heavy (non-hydrogen) atoms. The summed E-state index contributed by atoms with van der Waals surface area (Å²) in [6.45, 7) is 12.5. The van der Waals surface area contributed by atoms with Crippen LogP contribution in [-0.2, 0) is 13.5 Å². The van der Waals surface area contributed by atoms with Crippen LogP contribution in [0.25, 0.3) is 11.0 Å². The van der Waals surface area contributed by atoms with Gasteiger partial charge in [0.2, 0.25) is 0 Å². The SMILES string of the molecule is Cc1cc(C)c(C)c(Cc2ccc(C(=O)NNc3cc(C)c4c(C)nn(C)c4n3)o2)c1C. The summed E-state index contributed by atoms with van der Waals surface area (Å²) in [4.78, 5) is 17.2. The molecule has 166 valence electrons. The van der Waals surface area contributed by atoms with E-state index in [4.69, 9.17) is 4.42 Å². The predicted molar refractivity (Wildman–Crippen MR) is 126 cm³/mol. The quantitative estimate of drug-likeness (QED) is 0.445. The van der Waals surface area contributed by atoms with E-state index in [-0.39, 0.29) is 11.7 Å². The minimum atomic E-state index is -0.356. The number of aromatic nitrogens is 3. The molecule has 0 aliphatic heterocycles. The van der Waals surface area contributed by atoms with Gasteiger partial charge in [-0.05, 0) is 93.1 Å². The first kappa shape index (κ1) is 21.6. The van der Waals surface area contributed by atoms with Crippen molar-refractivity contribution in [2.24, 2.45) is 7.05 Å². The largest absolute Gasteiger partial charge is 0.456 e. The van der Waals surface area contributed by atoms with Gasteiger partial charge in [-0.1, -0.05) is 6.07 Å². The number of anilines is 1. The first-order valence-electron chi connectivity index (χ1n) is 10.7. The molecule has 1 amide bonds. The molecule has 7 nitrogen and oxygen atoms in total. The van der Waals surface area contributed by atoms with Gasteiger partial charge in [0.25, 0.3) is 0 Å². The zero-order valence-corrected chi connectivity index (χ0v) is 19.7. The lowest BCUT2D eigenvalue weighted by Gasteiger charge is -2.14. The van der Waals surface area contributed by atoms with Gasteiger partial charge in [-0.15, -0.1) is 0 Å². The molecule has 3 heterocycles. The molecular formula is C25H29N5O2. The highest BCUT2D eigenvalue weighted by Crippen LogP contribution is 2.25. The highest BCUT2D eigenvalue weighted by molar-refractivity contribution is 5.92. The van der Waals surface area contributed by atoms with Crippen molar-refractivity contribution in [2.75, 3.05) is 5.43 Å². The molecule has 0 aliphatic rings.